The molecule has 0 aliphatic carbocycles. The molecule has 1 aliphatic heterocycles. The number of hydrogen-bond donors (Lipinski definition) is 1. The molecule has 0 saturated carbocycles. The monoisotopic (exact) mass is 355 g/mol. The Morgan fingerprint density at radius 2 is 1.92 bits per heavy atom. The van der Waals surface area contributed by atoms with Crippen molar-refractivity contribution in [3.05, 3.63) is 41.1 Å². The summed E-state index contributed by atoms with van der Waals surface area (Å²) in [6, 6.07) is 8.10. The predicted octanol–water partition coefficient (Wildman–Crippen LogP) is 2.62. The average Bonchev–Trinajstić information content (AvgIpc) is 2.64. The van der Waals surface area contributed by atoms with Gasteiger partial charge in [-0.15, -0.1) is 0 Å². The zero-order valence-corrected chi connectivity index (χ0v) is 16.3. The molecule has 1 aromatic carbocycles. The van der Waals surface area contributed by atoms with Gasteiger partial charge in [0.1, 0.15) is 0 Å². The third-order valence-corrected chi connectivity index (χ3v) is 5.41. The smallest absolute Gasteiger partial charge is 0.224 e. The van der Waals surface area contributed by atoms with Gasteiger partial charge in [0, 0.05) is 36.3 Å². The van der Waals surface area contributed by atoms with E-state index in [0.717, 1.165) is 54.0 Å². The Balaban J connectivity index is 1.67. The molecule has 5 nitrogen and oxygen atoms in total. The van der Waals surface area contributed by atoms with E-state index >= 15 is 0 Å². The number of morpholine rings is 1. The van der Waals surface area contributed by atoms with Gasteiger partial charge >= 0.3 is 0 Å². The number of nitrogens with zero attached hydrogens (tertiary/aromatic N) is 2. The van der Waals surface area contributed by atoms with Gasteiger partial charge in [-0.25, -0.2) is 0 Å². The maximum atomic E-state index is 12.6. The van der Waals surface area contributed by atoms with Crippen LogP contribution in [0.15, 0.2) is 24.3 Å². The Kier molecular flexibility index (Phi) is 5.58. The summed E-state index contributed by atoms with van der Waals surface area (Å²) in [6.07, 6.45) is 0.370. The Morgan fingerprint density at radius 1 is 1.23 bits per heavy atom. The van der Waals surface area contributed by atoms with E-state index in [1.54, 1.807) is 0 Å². The lowest BCUT2D eigenvalue weighted by atomic mass is 9.98. The van der Waals surface area contributed by atoms with Crippen LogP contribution < -0.4 is 5.32 Å². The van der Waals surface area contributed by atoms with Crippen molar-refractivity contribution in [1.82, 2.24) is 15.2 Å². The number of aromatic nitrogens is 1. The van der Waals surface area contributed by atoms with Crippen molar-refractivity contribution in [2.75, 3.05) is 32.8 Å². The van der Waals surface area contributed by atoms with Crippen molar-refractivity contribution in [3.8, 4) is 0 Å². The van der Waals surface area contributed by atoms with E-state index in [-0.39, 0.29) is 11.4 Å². The van der Waals surface area contributed by atoms with Gasteiger partial charge in [0.2, 0.25) is 5.91 Å². The van der Waals surface area contributed by atoms with Crippen molar-refractivity contribution in [2.45, 2.75) is 39.7 Å². The summed E-state index contributed by atoms with van der Waals surface area (Å²) < 4.78 is 5.42. The van der Waals surface area contributed by atoms with Crippen LogP contribution in [0.25, 0.3) is 10.9 Å². The third kappa shape index (κ3) is 4.05. The van der Waals surface area contributed by atoms with Crippen molar-refractivity contribution < 1.29 is 9.53 Å². The summed E-state index contributed by atoms with van der Waals surface area (Å²) >= 11 is 0. The molecule has 140 valence electrons. The highest BCUT2D eigenvalue weighted by Crippen LogP contribution is 2.23. The number of pyridine rings is 1. The molecule has 3 rings (SSSR count). The van der Waals surface area contributed by atoms with E-state index < -0.39 is 0 Å². The van der Waals surface area contributed by atoms with Crippen LogP contribution in [0.2, 0.25) is 0 Å². The quantitative estimate of drug-likeness (QED) is 0.896. The van der Waals surface area contributed by atoms with Crippen LogP contribution in [0.5, 0.6) is 0 Å². The molecule has 1 aliphatic rings. The first-order valence-corrected chi connectivity index (χ1v) is 9.33. The number of benzene rings is 1. The van der Waals surface area contributed by atoms with Crippen molar-refractivity contribution >= 4 is 16.8 Å². The molecule has 0 unspecified atom stereocenters. The summed E-state index contributed by atoms with van der Waals surface area (Å²) in [5.74, 6) is 0.0506. The van der Waals surface area contributed by atoms with Gasteiger partial charge in [-0.1, -0.05) is 18.2 Å². The van der Waals surface area contributed by atoms with Gasteiger partial charge in [-0.05, 0) is 44.9 Å². The molecule has 0 atom stereocenters. The number of para-hydroxylation sites is 1. The lowest BCUT2D eigenvalue weighted by Crippen LogP contribution is -2.55. The molecule has 2 heterocycles. The molecule has 26 heavy (non-hydrogen) atoms. The molecule has 1 aromatic heterocycles. The van der Waals surface area contributed by atoms with E-state index in [1.165, 1.54) is 0 Å². The number of carbonyl (C=O) groups excluding carboxylic acids is 1. The van der Waals surface area contributed by atoms with Crippen molar-refractivity contribution in [3.63, 3.8) is 0 Å². The van der Waals surface area contributed by atoms with Crippen LogP contribution in [0.3, 0.4) is 0 Å². The van der Waals surface area contributed by atoms with Crippen molar-refractivity contribution in [2.24, 2.45) is 0 Å². The molecule has 1 fully saturated rings. The second-order valence-electron chi connectivity index (χ2n) is 7.68. The van der Waals surface area contributed by atoms with E-state index in [0.29, 0.717) is 13.0 Å². The molecule has 1 saturated heterocycles. The summed E-state index contributed by atoms with van der Waals surface area (Å²) in [4.78, 5) is 19.6. The first-order chi connectivity index (χ1) is 12.4. The van der Waals surface area contributed by atoms with E-state index in [9.17, 15) is 4.79 Å². The fraction of sp³-hybridized carbons (Fsp3) is 0.524. The first kappa shape index (κ1) is 18.8. The fourth-order valence-electron chi connectivity index (χ4n) is 3.65. The van der Waals surface area contributed by atoms with Crippen LogP contribution >= 0.6 is 0 Å². The molecule has 1 amide bonds. The molecular weight excluding hydrogens is 326 g/mol. The minimum atomic E-state index is -0.0782. The topological polar surface area (TPSA) is 54.5 Å². The molecule has 0 spiro atoms. The van der Waals surface area contributed by atoms with Crippen LogP contribution in [-0.2, 0) is 16.0 Å². The van der Waals surface area contributed by atoms with Gasteiger partial charge < -0.3 is 10.1 Å². The molecule has 2 aromatic rings. The Bertz CT molecular complexity index is 795. The number of rotatable bonds is 5. The lowest BCUT2D eigenvalue weighted by molar-refractivity contribution is -0.121. The molecule has 0 radical (unpaired) electrons. The number of aryl methyl sites for hydroxylation is 2. The molecule has 5 heteroatoms. The standard InChI is InChI=1S/C21H29N3O2/c1-15-17-7-5-6-8-19(17)23-16(2)18(15)13-20(25)22-14-21(3,4)24-9-11-26-12-10-24/h5-8H,9-14H2,1-4H3,(H,22,25). The Labute approximate surface area is 155 Å². The highest BCUT2D eigenvalue weighted by atomic mass is 16.5. The molecule has 0 bridgehead atoms. The minimum Gasteiger partial charge on any atom is -0.379 e. The highest BCUT2D eigenvalue weighted by Gasteiger charge is 2.28. The van der Waals surface area contributed by atoms with Crippen LogP contribution in [-0.4, -0.2) is 54.2 Å². The highest BCUT2D eigenvalue weighted by molar-refractivity contribution is 5.86. The number of ether oxygens (including phenoxy) is 1. The van der Waals surface area contributed by atoms with Gasteiger partial charge in [-0.2, -0.15) is 0 Å². The Hall–Kier alpha value is -1.98. The zero-order chi connectivity index (χ0) is 18.7. The fourth-order valence-corrected chi connectivity index (χ4v) is 3.65. The van der Waals surface area contributed by atoms with E-state index in [2.05, 4.69) is 42.0 Å². The number of nitrogens with one attached hydrogen (secondary N) is 1. The van der Waals surface area contributed by atoms with E-state index in [1.807, 2.05) is 25.1 Å². The van der Waals surface area contributed by atoms with Gasteiger partial charge in [0.05, 0.1) is 25.2 Å². The lowest BCUT2D eigenvalue weighted by Gasteiger charge is -2.40. The first-order valence-electron chi connectivity index (χ1n) is 9.33. The maximum Gasteiger partial charge on any atom is 0.224 e. The van der Waals surface area contributed by atoms with Gasteiger partial charge in [-0.3, -0.25) is 14.7 Å². The maximum absolute atomic E-state index is 12.6. The van der Waals surface area contributed by atoms with Gasteiger partial charge in [0.25, 0.3) is 0 Å². The number of carbonyl (C=O) groups is 1. The Morgan fingerprint density at radius 3 is 2.65 bits per heavy atom. The van der Waals surface area contributed by atoms with Crippen LogP contribution in [0.1, 0.15) is 30.7 Å². The van der Waals surface area contributed by atoms with Gasteiger partial charge in [0.15, 0.2) is 0 Å². The largest absolute Gasteiger partial charge is 0.379 e. The SMILES string of the molecule is Cc1nc2ccccc2c(C)c1CC(=O)NCC(C)(C)N1CCOCC1. The number of hydrogen-bond acceptors (Lipinski definition) is 4. The number of amides is 1. The molecular formula is C21H29N3O2. The second kappa shape index (κ2) is 7.72. The summed E-state index contributed by atoms with van der Waals surface area (Å²) in [6.45, 7) is 12.4. The average molecular weight is 355 g/mol. The predicted molar refractivity (Wildman–Crippen MR) is 104 cm³/mol. The third-order valence-electron chi connectivity index (χ3n) is 5.41. The summed E-state index contributed by atoms with van der Waals surface area (Å²) in [5.41, 5.74) is 4.02. The van der Waals surface area contributed by atoms with Crippen LogP contribution in [0, 0.1) is 13.8 Å². The molecule has 1 N–H and O–H groups in total. The minimum absolute atomic E-state index is 0.0506. The number of fused-ring (bicyclic) bond motifs is 1. The second-order valence-corrected chi connectivity index (χ2v) is 7.68. The van der Waals surface area contributed by atoms with Crippen molar-refractivity contribution in [1.29, 1.82) is 0 Å². The summed E-state index contributed by atoms with van der Waals surface area (Å²) in [7, 11) is 0. The zero-order valence-electron chi connectivity index (χ0n) is 16.3. The van der Waals surface area contributed by atoms with Crippen LogP contribution in [0.4, 0.5) is 0 Å². The normalized spacial score (nSPS) is 16.0. The van der Waals surface area contributed by atoms with E-state index in [4.69, 9.17) is 4.74 Å². The summed E-state index contributed by atoms with van der Waals surface area (Å²) in [5, 5.41) is 4.24.